The number of nitrogens with one attached hydrogen (secondary N) is 1. The summed E-state index contributed by atoms with van der Waals surface area (Å²) in [5.74, 6) is -0.888. The molecule has 2 atom stereocenters. The largest absolute Gasteiger partial charge is 0.480 e. The molecule has 1 aliphatic carbocycles. The molecule has 0 aromatic rings. The number of carbonyl (C=O) groups excluding carboxylic acids is 1. The summed E-state index contributed by atoms with van der Waals surface area (Å²) < 4.78 is 0. The minimum absolute atomic E-state index is 0.177. The first kappa shape index (κ1) is 13.7. The normalized spacial score (nSPS) is 21.2. The molecule has 0 saturated carbocycles. The van der Waals surface area contributed by atoms with Gasteiger partial charge in [0.2, 0.25) is 5.91 Å². The smallest absolute Gasteiger partial charge is 0.326 e. The number of aliphatic carboxylic acids is 1. The molecule has 0 fully saturated rings. The zero-order valence-corrected chi connectivity index (χ0v) is 10.7. The Bertz CT molecular complexity index is 328. The van der Waals surface area contributed by atoms with E-state index in [1.54, 1.807) is 0 Å². The second-order valence-corrected chi connectivity index (χ2v) is 5.67. The Hall–Kier alpha value is -1.32. The summed E-state index contributed by atoms with van der Waals surface area (Å²) in [6, 6.07) is -0.833. The van der Waals surface area contributed by atoms with E-state index in [1.807, 2.05) is 26.8 Å². The summed E-state index contributed by atoms with van der Waals surface area (Å²) in [4.78, 5) is 22.8. The van der Waals surface area contributed by atoms with Crippen molar-refractivity contribution in [3.63, 3.8) is 0 Å². The maximum Gasteiger partial charge on any atom is 0.326 e. The van der Waals surface area contributed by atoms with Crippen LogP contribution in [0.1, 0.15) is 40.0 Å². The summed E-state index contributed by atoms with van der Waals surface area (Å²) in [6.07, 6.45) is 6.49. The molecule has 0 bridgehead atoms. The highest BCUT2D eigenvalue weighted by Crippen LogP contribution is 2.22. The van der Waals surface area contributed by atoms with Crippen LogP contribution in [0.25, 0.3) is 0 Å². The van der Waals surface area contributed by atoms with Crippen LogP contribution in [0.15, 0.2) is 12.2 Å². The summed E-state index contributed by atoms with van der Waals surface area (Å²) in [5, 5.41) is 11.7. The van der Waals surface area contributed by atoms with Crippen LogP contribution in [0.4, 0.5) is 0 Å². The van der Waals surface area contributed by atoms with Gasteiger partial charge in [0.1, 0.15) is 6.04 Å². The third-order valence-electron chi connectivity index (χ3n) is 2.98. The van der Waals surface area contributed by atoms with Gasteiger partial charge in [0.05, 0.1) is 0 Å². The molecule has 0 aromatic heterocycles. The molecular weight excluding hydrogens is 218 g/mol. The van der Waals surface area contributed by atoms with Crippen LogP contribution >= 0.6 is 0 Å². The monoisotopic (exact) mass is 239 g/mol. The average molecular weight is 239 g/mol. The number of carboxylic acids is 1. The van der Waals surface area contributed by atoms with E-state index in [0.29, 0.717) is 6.42 Å². The van der Waals surface area contributed by atoms with Crippen LogP contribution in [0.5, 0.6) is 0 Å². The van der Waals surface area contributed by atoms with Crippen molar-refractivity contribution in [1.82, 2.24) is 5.32 Å². The first-order valence-electron chi connectivity index (χ1n) is 5.99. The van der Waals surface area contributed by atoms with Gasteiger partial charge in [-0.15, -0.1) is 0 Å². The fraction of sp³-hybridized carbons (Fsp3) is 0.692. The van der Waals surface area contributed by atoms with E-state index in [9.17, 15) is 9.59 Å². The third-order valence-corrected chi connectivity index (χ3v) is 2.98. The molecule has 1 rings (SSSR count). The standard InChI is InChI=1S/C13H21NO3/c1-13(2,3)11(12(16)17)14-10(15)8-9-6-4-5-7-9/h4,6,9,11H,5,7-8H2,1-3H3,(H,14,15)(H,16,17). The van der Waals surface area contributed by atoms with Gasteiger partial charge in [-0.25, -0.2) is 4.79 Å². The van der Waals surface area contributed by atoms with Gasteiger partial charge in [-0.05, 0) is 24.2 Å². The van der Waals surface area contributed by atoms with Gasteiger partial charge in [-0.3, -0.25) is 4.79 Å². The summed E-state index contributed by atoms with van der Waals surface area (Å²) in [6.45, 7) is 5.42. The Morgan fingerprint density at radius 3 is 2.53 bits per heavy atom. The number of hydrogen-bond donors (Lipinski definition) is 2. The SMILES string of the molecule is CC(C)(C)C(NC(=O)CC1C=CCC1)C(=O)O. The number of carboxylic acid groups (broad SMARTS) is 1. The molecule has 0 spiro atoms. The number of amides is 1. The Morgan fingerprint density at radius 2 is 2.12 bits per heavy atom. The van der Waals surface area contributed by atoms with Gasteiger partial charge in [-0.2, -0.15) is 0 Å². The highest BCUT2D eigenvalue weighted by Gasteiger charge is 2.32. The lowest BCUT2D eigenvalue weighted by Crippen LogP contribution is -2.49. The minimum atomic E-state index is -0.979. The van der Waals surface area contributed by atoms with E-state index >= 15 is 0 Å². The first-order valence-corrected chi connectivity index (χ1v) is 5.99. The quantitative estimate of drug-likeness (QED) is 0.737. The molecule has 96 valence electrons. The molecule has 0 saturated heterocycles. The Labute approximate surface area is 102 Å². The lowest BCUT2D eigenvalue weighted by molar-refractivity contribution is -0.145. The van der Waals surface area contributed by atoms with Gasteiger partial charge >= 0.3 is 5.97 Å². The fourth-order valence-corrected chi connectivity index (χ4v) is 1.97. The van der Waals surface area contributed by atoms with E-state index in [4.69, 9.17) is 5.11 Å². The number of allylic oxidation sites excluding steroid dienone is 2. The lowest BCUT2D eigenvalue weighted by Gasteiger charge is -2.28. The van der Waals surface area contributed by atoms with Gasteiger partial charge < -0.3 is 10.4 Å². The van der Waals surface area contributed by atoms with Crippen molar-refractivity contribution >= 4 is 11.9 Å². The molecule has 2 N–H and O–H groups in total. The number of hydrogen-bond acceptors (Lipinski definition) is 2. The zero-order chi connectivity index (χ0) is 13.1. The zero-order valence-electron chi connectivity index (χ0n) is 10.7. The Balaban J connectivity index is 2.52. The molecule has 2 unspecified atom stereocenters. The molecule has 0 aromatic carbocycles. The van der Waals surface area contributed by atoms with Crippen molar-refractivity contribution in [1.29, 1.82) is 0 Å². The van der Waals surface area contributed by atoms with Crippen molar-refractivity contribution in [3.8, 4) is 0 Å². The van der Waals surface area contributed by atoms with Crippen LogP contribution in [0, 0.1) is 11.3 Å². The third kappa shape index (κ3) is 4.21. The van der Waals surface area contributed by atoms with Crippen molar-refractivity contribution < 1.29 is 14.7 Å². The maximum atomic E-state index is 11.8. The van der Waals surface area contributed by atoms with Crippen LogP contribution in [0.2, 0.25) is 0 Å². The first-order chi connectivity index (χ1) is 7.80. The van der Waals surface area contributed by atoms with Crippen LogP contribution in [-0.4, -0.2) is 23.0 Å². The van der Waals surface area contributed by atoms with E-state index in [2.05, 4.69) is 11.4 Å². The summed E-state index contributed by atoms with van der Waals surface area (Å²) in [7, 11) is 0. The van der Waals surface area contributed by atoms with E-state index < -0.39 is 17.4 Å². The maximum absolute atomic E-state index is 11.8. The van der Waals surface area contributed by atoms with Crippen LogP contribution in [-0.2, 0) is 9.59 Å². The molecule has 0 aliphatic heterocycles. The highest BCUT2D eigenvalue weighted by molar-refractivity contribution is 5.84. The van der Waals surface area contributed by atoms with Crippen LogP contribution < -0.4 is 5.32 Å². The van der Waals surface area contributed by atoms with Crippen molar-refractivity contribution in [2.75, 3.05) is 0 Å². The minimum Gasteiger partial charge on any atom is -0.480 e. The van der Waals surface area contributed by atoms with E-state index in [1.165, 1.54) is 0 Å². The van der Waals surface area contributed by atoms with Gasteiger partial charge in [-0.1, -0.05) is 32.9 Å². The fourth-order valence-electron chi connectivity index (χ4n) is 1.97. The summed E-state index contributed by atoms with van der Waals surface area (Å²) in [5.41, 5.74) is -0.479. The van der Waals surface area contributed by atoms with E-state index in [-0.39, 0.29) is 11.8 Å². The predicted octanol–water partition coefficient (Wildman–Crippen LogP) is 1.96. The van der Waals surface area contributed by atoms with Gasteiger partial charge in [0.25, 0.3) is 0 Å². The molecule has 1 amide bonds. The van der Waals surface area contributed by atoms with Gasteiger partial charge in [0, 0.05) is 6.42 Å². The summed E-state index contributed by atoms with van der Waals surface area (Å²) >= 11 is 0. The molecule has 0 heterocycles. The van der Waals surface area contributed by atoms with Crippen molar-refractivity contribution in [2.45, 2.75) is 46.1 Å². The predicted molar refractivity (Wildman–Crippen MR) is 65.5 cm³/mol. The topological polar surface area (TPSA) is 66.4 Å². The Kier molecular flexibility index (Phi) is 4.32. The van der Waals surface area contributed by atoms with Gasteiger partial charge in [0.15, 0.2) is 0 Å². The molecule has 4 heteroatoms. The molecule has 1 aliphatic rings. The Morgan fingerprint density at radius 1 is 1.47 bits per heavy atom. The average Bonchev–Trinajstić information content (AvgIpc) is 2.64. The van der Waals surface area contributed by atoms with Crippen molar-refractivity contribution in [2.24, 2.45) is 11.3 Å². The molecule has 0 radical (unpaired) electrons. The number of rotatable bonds is 4. The molecular formula is C13H21NO3. The molecule has 17 heavy (non-hydrogen) atoms. The van der Waals surface area contributed by atoms with Crippen LogP contribution in [0.3, 0.4) is 0 Å². The second-order valence-electron chi connectivity index (χ2n) is 5.67. The number of carbonyl (C=O) groups is 2. The second kappa shape index (κ2) is 5.34. The highest BCUT2D eigenvalue weighted by atomic mass is 16.4. The lowest BCUT2D eigenvalue weighted by atomic mass is 9.86. The van der Waals surface area contributed by atoms with E-state index in [0.717, 1.165) is 12.8 Å². The molecule has 4 nitrogen and oxygen atoms in total. The van der Waals surface area contributed by atoms with Crippen molar-refractivity contribution in [3.05, 3.63) is 12.2 Å².